The molecule has 0 aromatic carbocycles. The van der Waals surface area contributed by atoms with Crippen LogP contribution in [-0.4, -0.2) is 37.7 Å². The van der Waals surface area contributed by atoms with Crippen LogP contribution in [-0.2, 0) is 9.53 Å². The van der Waals surface area contributed by atoms with Crippen LogP contribution in [0.15, 0.2) is 0 Å². The number of amides is 1. The van der Waals surface area contributed by atoms with Gasteiger partial charge in [0.2, 0.25) is 5.91 Å². The van der Waals surface area contributed by atoms with Gasteiger partial charge in [-0.2, -0.15) is 0 Å². The second kappa shape index (κ2) is 7.74. The summed E-state index contributed by atoms with van der Waals surface area (Å²) in [6.45, 7) is 2.27. The Balaban J connectivity index is 1.52. The van der Waals surface area contributed by atoms with E-state index in [0.29, 0.717) is 19.3 Å². The number of piperidine rings is 1. The smallest absolute Gasteiger partial charge is 0.237 e. The summed E-state index contributed by atoms with van der Waals surface area (Å²) < 4.78 is 5.79. The Hall–Kier alpha value is -0.610. The molecule has 1 atom stereocenters. The van der Waals surface area contributed by atoms with Gasteiger partial charge in [0.25, 0.3) is 0 Å². The van der Waals surface area contributed by atoms with Crippen molar-refractivity contribution < 1.29 is 9.53 Å². The second-order valence-corrected chi connectivity index (χ2v) is 5.42. The van der Waals surface area contributed by atoms with Crippen LogP contribution < -0.4 is 10.6 Å². The first kappa shape index (κ1) is 13.8. The van der Waals surface area contributed by atoms with Crippen molar-refractivity contribution in [2.24, 2.45) is 0 Å². The predicted octanol–water partition coefficient (Wildman–Crippen LogP) is 1.59. The molecule has 1 amide bonds. The van der Waals surface area contributed by atoms with Crippen molar-refractivity contribution in [2.75, 3.05) is 19.7 Å². The molecule has 2 rings (SSSR count). The highest BCUT2D eigenvalue weighted by atomic mass is 16.5. The van der Waals surface area contributed by atoms with E-state index in [9.17, 15) is 4.79 Å². The molecule has 4 nitrogen and oxygen atoms in total. The fourth-order valence-electron chi connectivity index (χ4n) is 2.83. The zero-order chi connectivity index (χ0) is 12.6. The van der Waals surface area contributed by atoms with E-state index in [2.05, 4.69) is 10.6 Å². The molecule has 0 unspecified atom stereocenters. The Bertz CT molecular complexity index is 246. The van der Waals surface area contributed by atoms with Crippen molar-refractivity contribution in [1.82, 2.24) is 10.6 Å². The third-order valence-electron chi connectivity index (χ3n) is 3.93. The third-order valence-corrected chi connectivity index (χ3v) is 3.93. The van der Waals surface area contributed by atoms with Gasteiger partial charge in [-0.25, -0.2) is 0 Å². The quantitative estimate of drug-likeness (QED) is 0.733. The lowest BCUT2D eigenvalue weighted by Crippen LogP contribution is -2.47. The lowest BCUT2D eigenvalue weighted by Gasteiger charge is -2.24. The molecule has 1 aliphatic carbocycles. The maximum Gasteiger partial charge on any atom is 0.237 e. The van der Waals surface area contributed by atoms with Gasteiger partial charge in [0.1, 0.15) is 0 Å². The topological polar surface area (TPSA) is 50.4 Å². The molecule has 1 saturated heterocycles. The van der Waals surface area contributed by atoms with Crippen LogP contribution in [0.4, 0.5) is 0 Å². The molecule has 0 spiro atoms. The van der Waals surface area contributed by atoms with E-state index in [4.69, 9.17) is 4.74 Å². The van der Waals surface area contributed by atoms with E-state index >= 15 is 0 Å². The Morgan fingerprint density at radius 2 is 1.89 bits per heavy atom. The summed E-state index contributed by atoms with van der Waals surface area (Å²) in [7, 11) is 0. The SMILES string of the molecule is O=C(NCCOC1CCCCC1)[C@@H]1CCCCN1. The number of nitrogens with one attached hydrogen (secondary N) is 2. The minimum absolute atomic E-state index is 0.0217. The standard InChI is InChI=1S/C14H26N2O2/c17-14(13-8-4-5-9-15-13)16-10-11-18-12-6-2-1-3-7-12/h12-13,15H,1-11H2,(H,16,17)/t13-/m0/s1. The largest absolute Gasteiger partial charge is 0.376 e. The summed E-state index contributed by atoms with van der Waals surface area (Å²) in [5.41, 5.74) is 0. The summed E-state index contributed by atoms with van der Waals surface area (Å²) in [5.74, 6) is 0.141. The number of carbonyl (C=O) groups is 1. The molecule has 0 bridgehead atoms. The number of carbonyl (C=O) groups excluding carboxylic acids is 1. The normalized spacial score (nSPS) is 25.9. The van der Waals surface area contributed by atoms with E-state index in [1.807, 2.05) is 0 Å². The number of ether oxygens (including phenoxy) is 1. The van der Waals surface area contributed by atoms with Crippen LogP contribution in [0.3, 0.4) is 0 Å². The lowest BCUT2D eigenvalue weighted by atomic mass is 9.98. The molecule has 0 aromatic heterocycles. The summed E-state index contributed by atoms with van der Waals surface area (Å²) in [6.07, 6.45) is 10.1. The van der Waals surface area contributed by atoms with Crippen LogP contribution in [0, 0.1) is 0 Å². The van der Waals surface area contributed by atoms with Gasteiger partial charge in [-0.1, -0.05) is 25.7 Å². The molecule has 1 saturated carbocycles. The van der Waals surface area contributed by atoms with E-state index in [0.717, 1.165) is 19.4 Å². The van der Waals surface area contributed by atoms with Crippen molar-refractivity contribution in [2.45, 2.75) is 63.5 Å². The highest BCUT2D eigenvalue weighted by molar-refractivity contribution is 5.81. The first-order chi connectivity index (χ1) is 8.86. The summed E-state index contributed by atoms with van der Waals surface area (Å²) in [5, 5.41) is 6.22. The van der Waals surface area contributed by atoms with Crippen molar-refractivity contribution in [1.29, 1.82) is 0 Å². The number of hydrogen-bond acceptors (Lipinski definition) is 3. The van der Waals surface area contributed by atoms with Crippen LogP contribution in [0.1, 0.15) is 51.4 Å². The van der Waals surface area contributed by atoms with E-state index in [1.54, 1.807) is 0 Å². The Labute approximate surface area is 110 Å². The average molecular weight is 254 g/mol. The fraction of sp³-hybridized carbons (Fsp3) is 0.929. The van der Waals surface area contributed by atoms with Gasteiger partial charge in [-0.05, 0) is 32.2 Å². The minimum Gasteiger partial charge on any atom is -0.376 e. The lowest BCUT2D eigenvalue weighted by molar-refractivity contribution is -0.124. The first-order valence-corrected chi connectivity index (χ1v) is 7.49. The van der Waals surface area contributed by atoms with Crippen molar-refractivity contribution in [3.8, 4) is 0 Å². The van der Waals surface area contributed by atoms with Gasteiger partial charge in [-0.15, -0.1) is 0 Å². The van der Waals surface area contributed by atoms with E-state index in [-0.39, 0.29) is 11.9 Å². The van der Waals surface area contributed by atoms with Crippen molar-refractivity contribution in [3.63, 3.8) is 0 Å². The fourth-order valence-corrected chi connectivity index (χ4v) is 2.83. The molecule has 2 N–H and O–H groups in total. The van der Waals surface area contributed by atoms with Crippen LogP contribution in [0.25, 0.3) is 0 Å². The number of hydrogen-bond donors (Lipinski definition) is 2. The highest BCUT2D eigenvalue weighted by Crippen LogP contribution is 2.19. The molecule has 1 aliphatic heterocycles. The van der Waals surface area contributed by atoms with Crippen molar-refractivity contribution >= 4 is 5.91 Å². The first-order valence-electron chi connectivity index (χ1n) is 7.49. The maximum absolute atomic E-state index is 11.8. The Morgan fingerprint density at radius 1 is 1.11 bits per heavy atom. The Kier molecular flexibility index (Phi) is 5.94. The molecule has 18 heavy (non-hydrogen) atoms. The highest BCUT2D eigenvalue weighted by Gasteiger charge is 2.20. The van der Waals surface area contributed by atoms with Gasteiger partial charge in [0, 0.05) is 6.54 Å². The molecule has 2 aliphatic rings. The van der Waals surface area contributed by atoms with Gasteiger partial charge in [0.15, 0.2) is 0 Å². The molecule has 0 aromatic rings. The molecular formula is C14H26N2O2. The minimum atomic E-state index is 0.0217. The third kappa shape index (κ3) is 4.58. The predicted molar refractivity (Wildman–Crippen MR) is 71.5 cm³/mol. The molecule has 2 fully saturated rings. The summed E-state index contributed by atoms with van der Waals surface area (Å²) in [4.78, 5) is 11.8. The van der Waals surface area contributed by atoms with E-state index in [1.165, 1.54) is 38.5 Å². The Morgan fingerprint density at radius 3 is 2.61 bits per heavy atom. The zero-order valence-corrected chi connectivity index (χ0v) is 11.2. The van der Waals surface area contributed by atoms with Crippen LogP contribution in [0.2, 0.25) is 0 Å². The monoisotopic (exact) mass is 254 g/mol. The van der Waals surface area contributed by atoms with E-state index < -0.39 is 0 Å². The van der Waals surface area contributed by atoms with Gasteiger partial charge >= 0.3 is 0 Å². The second-order valence-electron chi connectivity index (χ2n) is 5.42. The maximum atomic E-state index is 11.8. The van der Waals surface area contributed by atoms with Crippen molar-refractivity contribution in [3.05, 3.63) is 0 Å². The average Bonchev–Trinajstić information content (AvgIpc) is 2.45. The molecular weight excluding hydrogens is 228 g/mol. The zero-order valence-electron chi connectivity index (χ0n) is 11.2. The van der Waals surface area contributed by atoms with Gasteiger partial charge in [-0.3, -0.25) is 4.79 Å². The van der Waals surface area contributed by atoms with Crippen LogP contribution in [0.5, 0.6) is 0 Å². The van der Waals surface area contributed by atoms with Gasteiger partial charge < -0.3 is 15.4 Å². The molecule has 4 heteroatoms. The summed E-state index contributed by atoms with van der Waals surface area (Å²) >= 11 is 0. The molecule has 104 valence electrons. The summed E-state index contributed by atoms with van der Waals surface area (Å²) in [6, 6.07) is 0.0217. The van der Waals surface area contributed by atoms with Gasteiger partial charge in [0.05, 0.1) is 18.8 Å². The number of rotatable bonds is 5. The molecule has 1 heterocycles. The molecule has 0 radical (unpaired) electrons. The van der Waals surface area contributed by atoms with Crippen LogP contribution >= 0.6 is 0 Å².